The molecule has 0 saturated heterocycles. The summed E-state index contributed by atoms with van der Waals surface area (Å²) in [5.74, 6) is 0.0515. The lowest BCUT2D eigenvalue weighted by atomic mass is 10.1. The smallest absolute Gasteiger partial charge is 0.242 e. The number of carbonyl (C=O) groups excluding carboxylic acids is 1. The van der Waals surface area contributed by atoms with Gasteiger partial charge in [0.1, 0.15) is 6.04 Å². The lowest BCUT2D eigenvalue weighted by Crippen LogP contribution is -2.45. The van der Waals surface area contributed by atoms with Gasteiger partial charge in [-0.25, -0.2) is 0 Å². The van der Waals surface area contributed by atoms with E-state index in [1.165, 1.54) is 10.8 Å². The first-order valence-electron chi connectivity index (χ1n) is 7.01. The zero-order valence-corrected chi connectivity index (χ0v) is 12.6. The molecule has 1 N–H and O–H groups in total. The molecule has 3 heteroatoms. The van der Waals surface area contributed by atoms with Crippen molar-refractivity contribution >= 4 is 22.4 Å². The molecule has 1 atom stereocenters. The van der Waals surface area contributed by atoms with Crippen LogP contribution in [0.15, 0.2) is 42.5 Å². The Labute approximate surface area is 120 Å². The van der Waals surface area contributed by atoms with Gasteiger partial charge >= 0.3 is 0 Å². The Balaban J connectivity index is 2.22. The molecule has 3 nitrogen and oxygen atoms in total. The van der Waals surface area contributed by atoms with E-state index in [4.69, 9.17) is 0 Å². The number of carbonyl (C=O) groups is 1. The largest absolute Gasteiger partial charge is 0.363 e. The van der Waals surface area contributed by atoms with Crippen molar-refractivity contribution in [2.24, 2.45) is 0 Å². The van der Waals surface area contributed by atoms with Crippen LogP contribution in [0.25, 0.3) is 10.8 Å². The van der Waals surface area contributed by atoms with Crippen LogP contribution < -0.4 is 10.2 Å². The fourth-order valence-corrected chi connectivity index (χ4v) is 2.20. The number of fused-ring (bicyclic) bond motifs is 1. The topological polar surface area (TPSA) is 32.3 Å². The molecule has 0 spiro atoms. The predicted octanol–water partition coefficient (Wildman–Crippen LogP) is 3.19. The number of hydrogen-bond donors (Lipinski definition) is 1. The molecule has 106 valence electrons. The zero-order valence-electron chi connectivity index (χ0n) is 12.6. The van der Waals surface area contributed by atoms with Crippen LogP contribution in [-0.2, 0) is 4.79 Å². The van der Waals surface area contributed by atoms with E-state index in [9.17, 15) is 4.79 Å². The van der Waals surface area contributed by atoms with E-state index >= 15 is 0 Å². The third kappa shape index (κ3) is 3.10. The molecule has 2 aromatic rings. The van der Waals surface area contributed by atoms with Gasteiger partial charge in [0.2, 0.25) is 5.91 Å². The molecule has 0 radical (unpaired) electrons. The Morgan fingerprint density at radius 2 is 1.70 bits per heavy atom. The number of amides is 1. The highest BCUT2D eigenvalue weighted by molar-refractivity contribution is 5.88. The minimum atomic E-state index is -0.196. The van der Waals surface area contributed by atoms with E-state index in [1.807, 2.05) is 44.9 Å². The molecule has 0 aliphatic rings. The minimum absolute atomic E-state index is 0.0515. The molecule has 0 fully saturated rings. The van der Waals surface area contributed by atoms with Gasteiger partial charge in [-0.15, -0.1) is 0 Å². The number of benzene rings is 2. The predicted molar refractivity (Wildman–Crippen MR) is 85.1 cm³/mol. The van der Waals surface area contributed by atoms with E-state index in [0.717, 1.165) is 5.69 Å². The fraction of sp³-hybridized carbons (Fsp3) is 0.353. The van der Waals surface area contributed by atoms with Crippen LogP contribution in [0.3, 0.4) is 0 Å². The molecule has 0 heterocycles. The number of nitrogens with one attached hydrogen (secondary N) is 1. The third-order valence-electron chi connectivity index (χ3n) is 3.53. The van der Waals surface area contributed by atoms with Gasteiger partial charge in [0.05, 0.1) is 0 Å². The molecule has 0 aliphatic heterocycles. The zero-order chi connectivity index (χ0) is 14.7. The van der Waals surface area contributed by atoms with Gasteiger partial charge in [-0.1, -0.05) is 30.3 Å². The van der Waals surface area contributed by atoms with E-state index in [-0.39, 0.29) is 18.0 Å². The van der Waals surface area contributed by atoms with Crippen LogP contribution in [0, 0.1) is 0 Å². The summed E-state index contributed by atoms with van der Waals surface area (Å²) in [6.07, 6.45) is 0. The first-order chi connectivity index (χ1) is 9.49. The Kier molecular flexibility index (Phi) is 4.28. The van der Waals surface area contributed by atoms with E-state index < -0.39 is 0 Å². The average molecular weight is 270 g/mol. The second-order valence-corrected chi connectivity index (χ2v) is 5.48. The van der Waals surface area contributed by atoms with E-state index in [2.05, 4.69) is 35.6 Å². The Hall–Kier alpha value is -2.03. The highest BCUT2D eigenvalue weighted by atomic mass is 16.2. The Morgan fingerprint density at radius 1 is 1.05 bits per heavy atom. The standard InChI is InChI=1S/C17H22N2O/c1-12(2)18-17(20)13(3)19(4)16-10-9-14-7-5-6-8-15(14)11-16/h5-13H,1-4H3,(H,18,20)/t13-/m0/s1. The van der Waals surface area contributed by atoms with Gasteiger partial charge in [0.15, 0.2) is 0 Å². The maximum atomic E-state index is 12.1. The molecule has 20 heavy (non-hydrogen) atoms. The number of likely N-dealkylation sites (N-methyl/N-ethyl adjacent to an activating group) is 1. The maximum Gasteiger partial charge on any atom is 0.242 e. The van der Waals surface area contributed by atoms with Crippen molar-refractivity contribution in [1.82, 2.24) is 5.32 Å². The lowest BCUT2D eigenvalue weighted by Gasteiger charge is -2.27. The monoisotopic (exact) mass is 270 g/mol. The van der Waals surface area contributed by atoms with Crippen LogP contribution in [-0.4, -0.2) is 25.0 Å². The summed E-state index contributed by atoms with van der Waals surface area (Å²) < 4.78 is 0. The van der Waals surface area contributed by atoms with Crippen LogP contribution in [0.1, 0.15) is 20.8 Å². The molecule has 0 aliphatic carbocycles. The summed E-state index contributed by atoms with van der Waals surface area (Å²) >= 11 is 0. The van der Waals surface area contributed by atoms with Gasteiger partial charge in [-0.2, -0.15) is 0 Å². The Bertz CT molecular complexity index is 607. The van der Waals surface area contributed by atoms with Crippen molar-refractivity contribution in [2.75, 3.05) is 11.9 Å². The van der Waals surface area contributed by atoms with Gasteiger partial charge in [-0.05, 0) is 43.7 Å². The van der Waals surface area contributed by atoms with Crippen molar-refractivity contribution in [3.8, 4) is 0 Å². The molecule has 0 aromatic heterocycles. The average Bonchev–Trinajstić information content (AvgIpc) is 2.44. The van der Waals surface area contributed by atoms with Crippen molar-refractivity contribution in [3.63, 3.8) is 0 Å². The molecule has 2 rings (SSSR count). The van der Waals surface area contributed by atoms with Crippen LogP contribution in [0.4, 0.5) is 5.69 Å². The molecule has 2 aromatic carbocycles. The van der Waals surface area contributed by atoms with Crippen molar-refractivity contribution in [1.29, 1.82) is 0 Å². The quantitative estimate of drug-likeness (QED) is 0.925. The highest BCUT2D eigenvalue weighted by Crippen LogP contribution is 2.22. The normalized spacial score (nSPS) is 12.4. The van der Waals surface area contributed by atoms with Crippen molar-refractivity contribution < 1.29 is 4.79 Å². The van der Waals surface area contributed by atoms with Crippen LogP contribution >= 0.6 is 0 Å². The summed E-state index contributed by atoms with van der Waals surface area (Å²) in [6.45, 7) is 5.87. The molecule has 0 bridgehead atoms. The summed E-state index contributed by atoms with van der Waals surface area (Å²) in [6, 6.07) is 14.5. The van der Waals surface area contributed by atoms with Crippen molar-refractivity contribution in [3.05, 3.63) is 42.5 Å². The van der Waals surface area contributed by atoms with E-state index in [0.29, 0.717) is 0 Å². The summed E-state index contributed by atoms with van der Waals surface area (Å²) in [4.78, 5) is 14.1. The van der Waals surface area contributed by atoms with Crippen LogP contribution in [0.5, 0.6) is 0 Å². The van der Waals surface area contributed by atoms with Crippen molar-refractivity contribution in [2.45, 2.75) is 32.9 Å². The van der Waals surface area contributed by atoms with Crippen LogP contribution in [0.2, 0.25) is 0 Å². The minimum Gasteiger partial charge on any atom is -0.363 e. The Morgan fingerprint density at radius 3 is 2.35 bits per heavy atom. The van der Waals surface area contributed by atoms with Gasteiger partial charge in [0.25, 0.3) is 0 Å². The highest BCUT2D eigenvalue weighted by Gasteiger charge is 2.18. The number of nitrogens with zero attached hydrogens (tertiary/aromatic N) is 1. The molecule has 0 saturated carbocycles. The fourth-order valence-electron chi connectivity index (χ4n) is 2.20. The lowest BCUT2D eigenvalue weighted by molar-refractivity contribution is -0.122. The summed E-state index contributed by atoms with van der Waals surface area (Å²) in [5, 5.41) is 5.35. The summed E-state index contributed by atoms with van der Waals surface area (Å²) in [7, 11) is 1.95. The second kappa shape index (κ2) is 5.95. The van der Waals surface area contributed by atoms with Gasteiger partial charge in [0, 0.05) is 18.8 Å². The van der Waals surface area contributed by atoms with E-state index in [1.54, 1.807) is 0 Å². The summed E-state index contributed by atoms with van der Waals surface area (Å²) in [5.41, 5.74) is 1.05. The first-order valence-corrected chi connectivity index (χ1v) is 7.01. The second-order valence-electron chi connectivity index (χ2n) is 5.48. The molecule has 0 unspecified atom stereocenters. The molecular formula is C17H22N2O. The van der Waals surface area contributed by atoms with Gasteiger partial charge in [-0.3, -0.25) is 4.79 Å². The molecular weight excluding hydrogens is 248 g/mol. The number of rotatable bonds is 4. The number of anilines is 1. The third-order valence-corrected chi connectivity index (χ3v) is 3.53. The van der Waals surface area contributed by atoms with Gasteiger partial charge < -0.3 is 10.2 Å². The molecule has 1 amide bonds. The SMILES string of the molecule is CC(C)NC(=O)[C@H](C)N(C)c1ccc2ccccc2c1. The first kappa shape index (κ1) is 14.4. The maximum absolute atomic E-state index is 12.1. The number of hydrogen-bond acceptors (Lipinski definition) is 2.